The second kappa shape index (κ2) is 7.55. The first kappa shape index (κ1) is 15.2. The molecule has 0 saturated carbocycles. The average molecular weight is 249 g/mol. The lowest BCUT2D eigenvalue weighted by atomic mass is 9.98. The molecule has 0 aliphatic rings. The number of hydrogen-bond acceptors (Lipinski definition) is 2. The second-order valence-electron chi connectivity index (χ2n) is 5.36. The lowest BCUT2D eigenvalue weighted by Crippen LogP contribution is -2.28. The van der Waals surface area contributed by atoms with Gasteiger partial charge in [0.1, 0.15) is 0 Å². The van der Waals surface area contributed by atoms with Crippen molar-refractivity contribution in [2.24, 2.45) is 11.7 Å². The van der Waals surface area contributed by atoms with Gasteiger partial charge in [0.15, 0.2) is 0 Å². The third kappa shape index (κ3) is 4.43. The Morgan fingerprint density at radius 2 is 1.89 bits per heavy atom. The maximum atomic E-state index is 6.07. The quantitative estimate of drug-likeness (QED) is 0.797. The molecule has 1 aromatic carbocycles. The van der Waals surface area contributed by atoms with E-state index in [0.29, 0.717) is 5.92 Å². The molecule has 1 rings (SSSR count). The van der Waals surface area contributed by atoms with Gasteiger partial charge in [-0.15, -0.1) is 0 Å². The monoisotopic (exact) mass is 249 g/mol. The summed E-state index contributed by atoms with van der Waals surface area (Å²) in [5, 5.41) is 0. The molecule has 2 N–H and O–H groups in total. The maximum Gasteiger partial charge on any atom is 0.0975 e. The van der Waals surface area contributed by atoms with Crippen LogP contribution in [0.2, 0.25) is 0 Å². The summed E-state index contributed by atoms with van der Waals surface area (Å²) in [5.74, 6) is 0.597. The summed E-state index contributed by atoms with van der Waals surface area (Å²) >= 11 is 0. The summed E-state index contributed by atoms with van der Waals surface area (Å²) in [6.07, 6.45) is 2.42. The van der Waals surface area contributed by atoms with E-state index in [9.17, 15) is 0 Å². The van der Waals surface area contributed by atoms with E-state index in [1.807, 2.05) is 6.92 Å². The van der Waals surface area contributed by atoms with Crippen molar-refractivity contribution < 1.29 is 4.74 Å². The third-order valence-corrected chi connectivity index (χ3v) is 3.31. The van der Waals surface area contributed by atoms with Crippen LogP contribution in [0.4, 0.5) is 0 Å². The zero-order valence-electron chi connectivity index (χ0n) is 12.1. The summed E-state index contributed by atoms with van der Waals surface area (Å²) in [6, 6.07) is 8.35. The van der Waals surface area contributed by atoms with Crippen LogP contribution in [0.15, 0.2) is 24.3 Å². The van der Waals surface area contributed by atoms with Crippen LogP contribution in [0.5, 0.6) is 0 Å². The van der Waals surface area contributed by atoms with Crippen LogP contribution in [0, 0.1) is 12.8 Å². The molecule has 2 heteroatoms. The Labute approximate surface area is 112 Å². The topological polar surface area (TPSA) is 35.2 Å². The van der Waals surface area contributed by atoms with E-state index in [1.165, 1.54) is 24.0 Å². The number of nitrogens with two attached hydrogens (primary N) is 1. The van der Waals surface area contributed by atoms with Gasteiger partial charge >= 0.3 is 0 Å². The molecule has 0 fully saturated rings. The lowest BCUT2D eigenvalue weighted by Gasteiger charge is -2.25. The highest BCUT2D eigenvalue weighted by Crippen LogP contribution is 2.24. The molecule has 0 amide bonds. The molecule has 3 unspecified atom stereocenters. The molecule has 0 aromatic heterocycles. The van der Waals surface area contributed by atoms with E-state index in [-0.39, 0.29) is 12.1 Å². The molecule has 2 nitrogen and oxygen atoms in total. The molecule has 0 radical (unpaired) electrons. The fourth-order valence-corrected chi connectivity index (χ4v) is 2.27. The zero-order valence-corrected chi connectivity index (χ0v) is 12.1. The van der Waals surface area contributed by atoms with E-state index < -0.39 is 0 Å². The van der Waals surface area contributed by atoms with Gasteiger partial charge in [-0.25, -0.2) is 0 Å². The van der Waals surface area contributed by atoms with Gasteiger partial charge in [-0.05, 0) is 37.3 Å². The van der Waals surface area contributed by atoms with Crippen molar-refractivity contribution in [3.63, 3.8) is 0 Å². The Morgan fingerprint density at radius 1 is 1.22 bits per heavy atom. The first-order chi connectivity index (χ1) is 8.56. The van der Waals surface area contributed by atoms with Crippen molar-refractivity contribution in [3.8, 4) is 0 Å². The molecule has 0 saturated heterocycles. The smallest absolute Gasteiger partial charge is 0.0975 e. The predicted octanol–water partition coefficient (Wildman–Crippen LogP) is 3.84. The van der Waals surface area contributed by atoms with Gasteiger partial charge in [0.2, 0.25) is 0 Å². The summed E-state index contributed by atoms with van der Waals surface area (Å²) in [7, 11) is 0. The van der Waals surface area contributed by atoms with Crippen molar-refractivity contribution in [2.75, 3.05) is 6.61 Å². The van der Waals surface area contributed by atoms with Crippen LogP contribution in [-0.4, -0.2) is 12.6 Å². The Hall–Kier alpha value is -0.860. The fraction of sp³-hybridized carbons (Fsp3) is 0.625. The molecule has 1 aromatic rings. The largest absolute Gasteiger partial charge is 0.372 e. The van der Waals surface area contributed by atoms with E-state index in [4.69, 9.17) is 10.5 Å². The molecule has 0 bridgehead atoms. The fourth-order valence-electron chi connectivity index (χ4n) is 2.27. The van der Waals surface area contributed by atoms with Crippen molar-refractivity contribution in [2.45, 2.75) is 52.7 Å². The third-order valence-electron chi connectivity index (χ3n) is 3.31. The number of hydrogen-bond donors (Lipinski definition) is 1. The zero-order chi connectivity index (χ0) is 13.5. The molecule has 0 aliphatic heterocycles. The number of rotatable bonds is 7. The Kier molecular flexibility index (Phi) is 6.37. The number of aryl methyl sites for hydroxylation is 1. The summed E-state index contributed by atoms with van der Waals surface area (Å²) in [6.45, 7) is 9.36. The first-order valence-corrected chi connectivity index (χ1v) is 6.99. The van der Waals surface area contributed by atoms with Gasteiger partial charge in [-0.2, -0.15) is 0 Å². The van der Waals surface area contributed by atoms with Gasteiger partial charge in [-0.3, -0.25) is 0 Å². The van der Waals surface area contributed by atoms with Gasteiger partial charge in [-0.1, -0.05) is 44.5 Å². The normalized spacial score (nSPS) is 16.3. The Balaban J connectivity index is 2.69. The highest BCUT2D eigenvalue weighted by Gasteiger charge is 2.19. The van der Waals surface area contributed by atoms with Gasteiger partial charge in [0.05, 0.1) is 12.7 Å². The lowest BCUT2D eigenvalue weighted by molar-refractivity contribution is 0.0170. The van der Waals surface area contributed by atoms with E-state index >= 15 is 0 Å². The number of benzene rings is 1. The van der Waals surface area contributed by atoms with Gasteiger partial charge in [0.25, 0.3) is 0 Å². The molecule has 0 heterocycles. The van der Waals surface area contributed by atoms with E-state index in [0.717, 1.165) is 6.61 Å². The average Bonchev–Trinajstić information content (AvgIpc) is 2.31. The molecule has 18 heavy (non-hydrogen) atoms. The minimum atomic E-state index is 0.00510. The van der Waals surface area contributed by atoms with Gasteiger partial charge in [0, 0.05) is 6.04 Å². The number of ether oxygens (including phenoxy) is 1. The van der Waals surface area contributed by atoms with Gasteiger partial charge < -0.3 is 10.5 Å². The summed E-state index contributed by atoms with van der Waals surface area (Å²) < 4.78 is 6.06. The molecule has 0 spiro atoms. The highest BCUT2D eigenvalue weighted by atomic mass is 16.5. The van der Waals surface area contributed by atoms with E-state index in [1.54, 1.807) is 0 Å². The standard InChI is InChI=1S/C16H27NO/c1-5-8-12(2)11-18-16(14(4)17)15-10-7-6-9-13(15)3/h6-7,9-10,12,14,16H,5,8,11,17H2,1-4H3. The van der Waals surface area contributed by atoms with Crippen LogP contribution in [0.3, 0.4) is 0 Å². The van der Waals surface area contributed by atoms with Crippen molar-refractivity contribution >= 4 is 0 Å². The molecule has 3 atom stereocenters. The minimum Gasteiger partial charge on any atom is -0.372 e. The molecule has 0 aliphatic carbocycles. The van der Waals surface area contributed by atoms with Crippen LogP contribution < -0.4 is 5.73 Å². The minimum absolute atomic E-state index is 0.00510. The summed E-state index contributed by atoms with van der Waals surface area (Å²) in [5.41, 5.74) is 8.54. The van der Waals surface area contributed by atoms with Crippen LogP contribution >= 0.6 is 0 Å². The predicted molar refractivity (Wildman–Crippen MR) is 77.6 cm³/mol. The summed E-state index contributed by atoms with van der Waals surface area (Å²) in [4.78, 5) is 0. The Bertz CT molecular complexity index is 349. The van der Waals surface area contributed by atoms with Crippen molar-refractivity contribution in [3.05, 3.63) is 35.4 Å². The second-order valence-corrected chi connectivity index (χ2v) is 5.36. The van der Waals surface area contributed by atoms with Crippen LogP contribution in [0.25, 0.3) is 0 Å². The van der Waals surface area contributed by atoms with Crippen molar-refractivity contribution in [1.29, 1.82) is 0 Å². The SMILES string of the molecule is CCCC(C)COC(c1ccccc1C)C(C)N. The van der Waals surface area contributed by atoms with Crippen LogP contribution in [-0.2, 0) is 4.74 Å². The Morgan fingerprint density at radius 3 is 2.44 bits per heavy atom. The maximum absolute atomic E-state index is 6.07. The van der Waals surface area contributed by atoms with Crippen molar-refractivity contribution in [1.82, 2.24) is 0 Å². The molecular formula is C16H27NO. The molecule has 102 valence electrons. The van der Waals surface area contributed by atoms with Crippen LogP contribution in [0.1, 0.15) is 50.8 Å². The molecular weight excluding hydrogens is 222 g/mol. The highest BCUT2D eigenvalue weighted by molar-refractivity contribution is 5.28. The van der Waals surface area contributed by atoms with E-state index in [2.05, 4.69) is 45.0 Å². The first-order valence-electron chi connectivity index (χ1n) is 6.99.